The molecule has 0 spiro atoms. The van der Waals surface area contributed by atoms with Crippen LogP contribution in [0.25, 0.3) is 11.3 Å². The zero-order valence-corrected chi connectivity index (χ0v) is 21.7. The molecule has 4 rings (SSSR count). The molecule has 0 saturated carbocycles. The third kappa shape index (κ3) is 5.51. The Morgan fingerprint density at radius 3 is 2.23 bits per heavy atom. The number of carbonyl (C=O) groups excluding carboxylic acids is 1. The van der Waals surface area contributed by atoms with Gasteiger partial charge < -0.3 is 0 Å². The summed E-state index contributed by atoms with van der Waals surface area (Å²) in [4.78, 5) is 17.5. The maximum Gasteiger partial charge on any atom is 0.257 e. The van der Waals surface area contributed by atoms with Crippen molar-refractivity contribution in [3.05, 3.63) is 99.9 Å². The van der Waals surface area contributed by atoms with Crippen molar-refractivity contribution in [1.29, 1.82) is 0 Å². The van der Waals surface area contributed by atoms with Crippen LogP contribution in [0, 0.1) is 20.8 Å². The van der Waals surface area contributed by atoms with E-state index in [9.17, 15) is 13.2 Å². The number of nitrogens with one attached hydrogen (secondary N) is 1. The van der Waals surface area contributed by atoms with Crippen molar-refractivity contribution in [2.75, 3.05) is 12.4 Å². The van der Waals surface area contributed by atoms with Crippen LogP contribution >= 0.6 is 11.3 Å². The van der Waals surface area contributed by atoms with Crippen LogP contribution in [0.4, 0.5) is 5.13 Å². The highest BCUT2D eigenvalue weighted by atomic mass is 32.2. The molecule has 1 heterocycles. The summed E-state index contributed by atoms with van der Waals surface area (Å²) in [7, 11) is -2.14. The molecule has 0 fully saturated rings. The van der Waals surface area contributed by atoms with Gasteiger partial charge in [0.15, 0.2) is 5.13 Å². The Labute approximate surface area is 210 Å². The van der Waals surface area contributed by atoms with Gasteiger partial charge in [0, 0.05) is 30.1 Å². The molecule has 0 saturated heterocycles. The molecule has 1 N–H and O–H groups in total. The molecule has 0 aliphatic heterocycles. The van der Waals surface area contributed by atoms with Gasteiger partial charge in [-0.15, -0.1) is 11.3 Å². The fourth-order valence-electron chi connectivity index (χ4n) is 4.08. The van der Waals surface area contributed by atoms with E-state index in [1.807, 2.05) is 35.7 Å². The minimum Gasteiger partial charge on any atom is -0.298 e. The summed E-state index contributed by atoms with van der Waals surface area (Å²) in [5, 5.41) is 5.24. The molecule has 3 aromatic carbocycles. The highest BCUT2D eigenvalue weighted by Crippen LogP contribution is 2.31. The number of nitrogens with zero attached hydrogens (tertiary/aromatic N) is 2. The van der Waals surface area contributed by atoms with Gasteiger partial charge in [0.25, 0.3) is 5.91 Å². The van der Waals surface area contributed by atoms with Crippen LogP contribution in [0.2, 0.25) is 0 Å². The van der Waals surface area contributed by atoms with Gasteiger partial charge in [-0.3, -0.25) is 10.1 Å². The minimum absolute atomic E-state index is 0.134. The van der Waals surface area contributed by atoms with Gasteiger partial charge in [-0.2, -0.15) is 4.31 Å². The molecule has 8 heteroatoms. The zero-order chi connectivity index (χ0) is 25.2. The van der Waals surface area contributed by atoms with E-state index in [0.717, 1.165) is 27.9 Å². The Kier molecular flexibility index (Phi) is 7.16. The molecule has 0 atom stereocenters. The summed E-state index contributed by atoms with van der Waals surface area (Å²) in [6.07, 6.45) is 0. The lowest BCUT2D eigenvalue weighted by molar-refractivity contribution is 0.102. The summed E-state index contributed by atoms with van der Waals surface area (Å²) >= 11 is 1.36. The van der Waals surface area contributed by atoms with E-state index in [4.69, 9.17) is 0 Å². The summed E-state index contributed by atoms with van der Waals surface area (Å²) in [6.45, 7) is 6.44. The maximum atomic E-state index is 12.9. The average Bonchev–Trinajstić information content (AvgIpc) is 3.26. The van der Waals surface area contributed by atoms with E-state index in [1.165, 1.54) is 45.5 Å². The Balaban J connectivity index is 1.46. The molecule has 1 aromatic heterocycles. The first-order chi connectivity index (χ1) is 16.6. The number of aromatic nitrogens is 1. The van der Waals surface area contributed by atoms with Crippen molar-refractivity contribution in [2.45, 2.75) is 32.2 Å². The SMILES string of the molecule is Cc1cc(C)c(-c2csc(NC(=O)c3ccc(S(=O)(=O)N(C)Cc4ccccc4)cc3)n2)c(C)c1. The molecule has 0 aliphatic rings. The van der Waals surface area contributed by atoms with Crippen LogP contribution < -0.4 is 5.32 Å². The van der Waals surface area contributed by atoms with Gasteiger partial charge in [-0.1, -0.05) is 48.0 Å². The van der Waals surface area contributed by atoms with Gasteiger partial charge in [-0.25, -0.2) is 13.4 Å². The smallest absolute Gasteiger partial charge is 0.257 e. The van der Waals surface area contributed by atoms with E-state index in [0.29, 0.717) is 10.7 Å². The van der Waals surface area contributed by atoms with E-state index in [2.05, 4.69) is 43.2 Å². The van der Waals surface area contributed by atoms with Gasteiger partial charge in [0.05, 0.1) is 10.6 Å². The van der Waals surface area contributed by atoms with Crippen LogP contribution in [0.5, 0.6) is 0 Å². The Hall–Kier alpha value is -3.33. The van der Waals surface area contributed by atoms with Gasteiger partial charge >= 0.3 is 0 Å². The van der Waals surface area contributed by atoms with Gasteiger partial charge in [0.1, 0.15) is 0 Å². The van der Waals surface area contributed by atoms with Crippen molar-refractivity contribution >= 4 is 32.4 Å². The van der Waals surface area contributed by atoms with E-state index < -0.39 is 10.0 Å². The second kappa shape index (κ2) is 10.1. The first kappa shape index (κ1) is 24.8. The van der Waals surface area contributed by atoms with Crippen molar-refractivity contribution in [1.82, 2.24) is 9.29 Å². The van der Waals surface area contributed by atoms with E-state index >= 15 is 0 Å². The number of aryl methyl sites for hydroxylation is 3. The molecular weight excluding hydrogens is 478 g/mol. The number of sulfonamides is 1. The first-order valence-corrected chi connectivity index (χ1v) is 13.4. The third-order valence-corrected chi connectivity index (χ3v) is 8.31. The quantitative estimate of drug-likeness (QED) is 0.344. The highest BCUT2D eigenvalue weighted by molar-refractivity contribution is 7.89. The Morgan fingerprint density at radius 2 is 1.60 bits per heavy atom. The molecular formula is C27H27N3O3S2. The largest absolute Gasteiger partial charge is 0.298 e. The van der Waals surface area contributed by atoms with Crippen LogP contribution in [0.3, 0.4) is 0 Å². The molecule has 0 aliphatic carbocycles. The van der Waals surface area contributed by atoms with Crippen LogP contribution in [0.15, 0.2) is 77.0 Å². The molecule has 0 radical (unpaired) electrons. The van der Waals surface area contributed by atoms with E-state index in [1.54, 1.807) is 7.05 Å². The molecule has 1 amide bonds. The standard InChI is InChI=1S/C27H27N3O3S2/c1-18-14-19(2)25(20(3)15-18)24-17-34-27(28-24)29-26(31)22-10-12-23(13-11-22)35(32,33)30(4)16-21-8-6-5-7-9-21/h5-15,17H,16H2,1-4H3,(H,28,29,31). The lowest BCUT2D eigenvalue weighted by Crippen LogP contribution is -2.26. The highest BCUT2D eigenvalue weighted by Gasteiger charge is 2.21. The summed E-state index contributed by atoms with van der Waals surface area (Å²) in [6, 6.07) is 19.6. The predicted octanol–water partition coefficient (Wildman–Crippen LogP) is 5.81. The predicted molar refractivity (Wildman–Crippen MR) is 141 cm³/mol. The lowest BCUT2D eigenvalue weighted by Gasteiger charge is -2.17. The summed E-state index contributed by atoms with van der Waals surface area (Å²) < 4.78 is 27.2. The average molecular weight is 506 g/mol. The number of benzene rings is 3. The van der Waals surface area contributed by atoms with Crippen LogP contribution in [-0.4, -0.2) is 30.7 Å². The van der Waals surface area contributed by atoms with Gasteiger partial charge in [0.2, 0.25) is 10.0 Å². The Morgan fingerprint density at radius 1 is 0.971 bits per heavy atom. The zero-order valence-electron chi connectivity index (χ0n) is 20.1. The number of anilines is 1. The van der Waals surface area contributed by atoms with Gasteiger partial charge in [-0.05, 0) is 61.7 Å². The molecule has 6 nitrogen and oxygen atoms in total. The third-order valence-electron chi connectivity index (χ3n) is 5.73. The number of thiazole rings is 1. The summed E-state index contributed by atoms with van der Waals surface area (Å²) in [5.41, 5.74) is 6.62. The molecule has 4 aromatic rings. The number of amides is 1. The number of carbonyl (C=O) groups is 1. The normalized spacial score (nSPS) is 11.6. The molecule has 0 bridgehead atoms. The molecule has 0 unspecified atom stereocenters. The fourth-order valence-corrected chi connectivity index (χ4v) is 5.94. The summed E-state index contributed by atoms with van der Waals surface area (Å²) in [5.74, 6) is -0.343. The van der Waals surface area contributed by atoms with Crippen molar-refractivity contribution < 1.29 is 13.2 Å². The second-order valence-corrected chi connectivity index (χ2v) is 11.4. The molecule has 35 heavy (non-hydrogen) atoms. The number of rotatable bonds is 7. The monoisotopic (exact) mass is 505 g/mol. The van der Waals surface area contributed by atoms with E-state index in [-0.39, 0.29) is 17.3 Å². The number of hydrogen-bond acceptors (Lipinski definition) is 5. The Bertz CT molecular complexity index is 1440. The van der Waals surface area contributed by atoms with Crippen molar-refractivity contribution in [3.8, 4) is 11.3 Å². The topological polar surface area (TPSA) is 79.4 Å². The van der Waals surface area contributed by atoms with Crippen molar-refractivity contribution in [2.24, 2.45) is 0 Å². The van der Waals surface area contributed by atoms with Crippen LogP contribution in [-0.2, 0) is 16.6 Å². The fraction of sp³-hybridized carbons (Fsp3) is 0.185. The minimum atomic E-state index is -3.69. The van der Waals surface area contributed by atoms with Crippen molar-refractivity contribution in [3.63, 3.8) is 0 Å². The number of hydrogen-bond donors (Lipinski definition) is 1. The lowest BCUT2D eigenvalue weighted by atomic mass is 9.98. The molecule has 180 valence electrons. The van der Waals surface area contributed by atoms with Crippen LogP contribution in [0.1, 0.15) is 32.6 Å². The second-order valence-electron chi connectivity index (χ2n) is 8.54. The maximum absolute atomic E-state index is 12.9. The first-order valence-electron chi connectivity index (χ1n) is 11.1.